The molecule has 0 bridgehead atoms. The van der Waals surface area contributed by atoms with Crippen molar-refractivity contribution in [2.75, 3.05) is 7.11 Å². The van der Waals surface area contributed by atoms with Crippen molar-refractivity contribution in [2.45, 2.75) is 32.9 Å². The molecule has 0 aliphatic heterocycles. The van der Waals surface area contributed by atoms with Crippen molar-refractivity contribution in [2.24, 2.45) is 5.84 Å². The summed E-state index contributed by atoms with van der Waals surface area (Å²) in [5.74, 6) is 6.39. The van der Waals surface area contributed by atoms with Crippen molar-refractivity contribution in [1.82, 2.24) is 25.2 Å². The first-order chi connectivity index (χ1) is 9.71. The molecule has 0 aromatic carbocycles. The van der Waals surface area contributed by atoms with Gasteiger partial charge in [-0.25, -0.2) is 5.43 Å². The number of nitrogens with one attached hydrogen (secondary N) is 1. The number of aromatic nitrogens is 4. The van der Waals surface area contributed by atoms with E-state index in [4.69, 9.17) is 10.6 Å². The van der Waals surface area contributed by atoms with Gasteiger partial charge in [0.05, 0.1) is 30.9 Å². The zero-order valence-corrected chi connectivity index (χ0v) is 12.0. The molecular weight excluding hydrogens is 256 g/mol. The fraction of sp³-hybridized carbons (Fsp3) is 0.462. The standard InChI is InChI=1S/C13H20N6O/c1-4-5-19-13(11(20-3)8-17-19)12(18-14)10-7-15-9(2)6-16-10/h6-8,12,18H,4-5,14H2,1-3H3. The normalized spacial score (nSPS) is 12.4. The van der Waals surface area contributed by atoms with Crippen LogP contribution >= 0.6 is 0 Å². The van der Waals surface area contributed by atoms with Gasteiger partial charge in [0.15, 0.2) is 5.75 Å². The Morgan fingerprint density at radius 2 is 2.15 bits per heavy atom. The van der Waals surface area contributed by atoms with E-state index in [1.807, 2.05) is 11.6 Å². The molecule has 0 fully saturated rings. The van der Waals surface area contributed by atoms with Gasteiger partial charge in [-0.1, -0.05) is 6.92 Å². The second kappa shape index (κ2) is 6.44. The SMILES string of the molecule is CCCn1ncc(OC)c1C(NN)c1cnc(C)cn1. The highest BCUT2D eigenvalue weighted by molar-refractivity contribution is 5.33. The fourth-order valence-electron chi connectivity index (χ4n) is 2.07. The molecule has 0 aliphatic rings. The van der Waals surface area contributed by atoms with E-state index in [-0.39, 0.29) is 6.04 Å². The van der Waals surface area contributed by atoms with Crippen molar-refractivity contribution in [3.8, 4) is 5.75 Å². The van der Waals surface area contributed by atoms with Crippen LogP contribution in [0.3, 0.4) is 0 Å². The summed E-state index contributed by atoms with van der Waals surface area (Å²) in [6, 6.07) is -0.313. The van der Waals surface area contributed by atoms with E-state index >= 15 is 0 Å². The number of hydrazine groups is 1. The predicted octanol–water partition coefficient (Wildman–Crippen LogP) is 0.953. The van der Waals surface area contributed by atoms with Crippen molar-refractivity contribution < 1.29 is 4.74 Å². The molecule has 0 radical (unpaired) electrons. The Morgan fingerprint density at radius 1 is 1.35 bits per heavy atom. The molecule has 2 aromatic heterocycles. The molecule has 3 N–H and O–H groups in total. The molecule has 0 amide bonds. The summed E-state index contributed by atoms with van der Waals surface area (Å²) in [6.07, 6.45) is 6.08. The van der Waals surface area contributed by atoms with Gasteiger partial charge in [0, 0.05) is 12.7 Å². The molecule has 7 nitrogen and oxygen atoms in total. The van der Waals surface area contributed by atoms with Crippen LogP contribution in [0.2, 0.25) is 0 Å². The van der Waals surface area contributed by atoms with Gasteiger partial charge in [0.1, 0.15) is 11.7 Å². The zero-order chi connectivity index (χ0) is 14.5. The number of hydrogen-bond donors (Lipinski definition) is 2. The highest BCUT2D eigenvalue weighted by Gasteiger charge is 2.23. The molecular formula is C13H20N6O. The van der Waals surface area contributed by atoms with Crippen molar-refractivity contribution in [1.29, 1.82) is 0 Å². The van der Waals surface area contributed by atoms with Crippen LogP contribution in [0, 0.1) is 6.92 Å². The van der Waals surface area contributed by atoms with Crippen LogP contribution < -0.4 is 16.0 Å². The van der Waals surface area contributed by atoms with Crippen LogP contribution in [0.15, 0.2) is 18.6 Å². The number of hydrogen-bond acceptors (Lipinski definition) is 6. The number of ether oxygens (including phenoxy) is 1. The Bertz CT molecular complexity index is 550. The van der Waals surface area contributed by atoms with Crippen LogP contribution in [-0.2, 0) is 6.54 Å². The minimum absolute atomic E-state index is 0.313. The summed E-state index contributed by atoms with van der Waals surface area (Å²) in [6.45, 7) is 4.77. The van der Waals surface area contributed by atoms with Crippen LogP contribution in [0.1, 0.15) is 36.5 Å². The maximum absolute atomic E-state index is 5.71. The van der Waals surface area contributed by atoms with Gasteiger partial charge in [-0.3, -0.25) is 20.5 Å². The van der Waals surface area contributed by atoms with Gasteiger partial charge in [-0.05, 0) is 13.3 Å². The van der Waals surface area contributed by atoms with Crippen LogP contribution in [0.5, 0.6) is 5.75 Å². The minimum atomic E-state index is -0.313. The maximum atomic E-state index is 5.71. The molecule has 2 rings (SSSR count). The molecule has 108 valence electrons. The molecule has 2 aromatic rings. The highest BCUT2D eigenvalue weighted by atomic mass is 16.5. The third kappa shape index (κ3) is 2.78. The van der Waals surface area contributed by atoms with Gasteiger partial charge >= 0.3 is 0 Å². The van der Waals surface area contributed by atoms with Crippen molar-refractivity contribution in [3.63, 3.8) is 0 Å². The summed E-state index contributed by atoms with van der Waals surface area (Å²) < 4.78 is 7.25. The van der Waals surface area contributed by atoms with Crippen LogP contribution in [-0.4, -0.2) is 26.9 Å². The molecule has 0 spiro atoms. The first-order valence-electron chi connectivity index (χ1n) is 6.55. The Hall–Kier alpha value is -1.99. The van der Waals surface area contributed by atoms with Gasteiger partial charge in [0.2, 0.25) is 0 Å². The smallest absolute Gasteiger partial charge is 0.162 e. The lowest BCUT2D eigenvalue weighted by Crippen LogP contribution is -2.32. The first-order valence-corrected chi connectivity index (χ1v) is 6.55. The van der Waals surface area contributed by atoms with Crippen molar-refractivity contribution >= 4 is 0 Å². The Balaban J connectivity index is 2.44. The Kier molecular flexibility index (Phi) is 4.65. The molecule has 2 heterocycles. The van der Waals surface area contributed by atoms with Gasteiger partial charge in [-0.15, -0.1) is 0 Å². The zero-order valence-electron chi connectivity index (χ0n) is 12.0. The molecule has 20 heavy (non-hydrogen) atoms. The van der Waals surface area contributed by atoms with Crippen molar-refractivity contribution in [3.05, 3.63) is 35.7 Å². The fourth-order valence-corrected chi connectivity index (χ4v) is 2.07. The van der Waals surface area contributed by atoms with E-state index < -0.39 is 0 Å². The number of rotatable bonds is 6. The van der Waals surface area contributed by atoms with Crippen LogP contribution in [0.25, 0.3) is 0 Å². The third-order valence-corrected chi connectivity index (χ3v) is 3.04. The molecule has 1 unspecified atom stereocenters. The largest absolute Gasteiger partial charge is 0.493 e. The monoisotopic (exact) mass is 276 g/mol. The molecule has 7 heteroatoms. The second-order valence-corrected chi connectivity index (χ2v) is 4.50. The molecule has 0 aliphatic carbocycles. The van der Waals surface area contributed by atoms with E-state index in [9.17, 15) is 0 Å². The summed E-state index contributed by atoms with van der Waals surface area (Å²) >= 11 is 0. The average molecular weight is 276 g/mol. The number of nitrogens with two attached hydrogens (primary N) is 1. The highest BCUT2D eigenvalue weighted by Crippen LogP contribution is 2.28. The first kappa shape index (κ1) is 14.4. The third-order valence-electron chi connectivity index (χ3n) is 3.04. The lowest BCUT2D eigenvalue weighted by atomic mass is 10.1. The summed E-state index contributed by atoms with van der Waals surface area (Å²) in [5.41, 5.74) is 5.22. The molecule has 0 saturated heterocycles. The summed E-state index contributed by atoms with van der Waals surface area (Å²) in [4.78, 5) is 8.64. The lowest BCUT2D eigenvalue weighted by molar-refractivity contribution is 0.397. The van der Waals surface area contributed by atoms with E-state index in [1.54, 1.807) is 25.7 Å². The Labute approximate surface area is 118 Å². The van der Waals surface area contributed by atoms with Crippen LogP contribution in [0.4, 0.5) is 0 Å². The van der Waals surface area contributed by atoms with Gasteiger partial charge in [-0.2, -0.15) is 5.10 Å². The predicted molar refractivity (Wildman–Crippen MR) is 75.0 cm³/mol. The number of methoxy groups -OCH3 is 1. The topological polar surface area (TPSA) is 90.9 Å². The van der Waals surface area contributed by atoms with E-state index in [2.05, 4.69) is 27.4 Å². The summed E-state index contributed by atoms with van der Waals surface area (Å²) in [7, 11) is 1.62. The molecule has 0 saturated carbocycles. The summed E-state index contributed by atoms with van der Waals surface area (Å²) in [5, 5.41) is 4.34. The van der Waals surface area contributed by atoms with E-state index in [0.29, 0.717) is 5.75 Å². The number of aryl methyl sites for hydroxylation is 2. The lowest BCUT2D eigenvalue weighted by Gasteiger charge is -2.18. The van der Waals surface area contributed by atoms with Gasteiger partial charge < -0.3 is 4.74 Å². The van der Waals surface area contributed by atoms with E-state index in [0.717, 1.165) is 30.0 Å². The average Bonchev–Trinajstić information content (AvgIpc) is 2.85. The second-order valence-electron chi connectivity index (χ2n) is 4.50. The molecule has 1 atom stereocenters. The maximum Gasteiger partial charge on any atom is 0.162 e. The quantitative estimate of drug-likeness (QED) is 0.603. The van der Waals surface area contributed by atoms with E-state index in [1.165, 1.54) is 0 Å². The Morgan fingerprint density at radius 3 is 2.70 bits per heavy atom. The van der Waals surface area contributed by atoms with Gasteiger partial charge in [0.25, 0.3) is 0 Å². The minimum Gasteiger partial charge on any atom is -0.493 e. The number of nitrogens with zero attached hydrogens (tertiary/aromatic N) is 4.